The standard InChI is InChI=1S/C19H19BrFNO3/c1-2-3-10-25-19(24)15-6-4-5-7-17(15)22-18(23)12-13-11-14(20)8-9-16(13)21/h4-9,11H,2-3,10,12H2,1H3,(H,22,23). The Bertz CT molecular complexity index is 764. The Labute approximate surface area is 154 Å². The van der Waals surface area contributed by atoms with Gasteiger partial charge in [-0.1, -0.05) is 41.4 Å². The topological polar surface area (TPSA) is 55.4 Å². The number of ether oxygens (including phenoxy) is 1. The molecule has 2 aromatic rings. The van der Waals surface area contributed by atoms with Crippen molar-refractivity contribution in [2.24, 2.45) is 0 Å². The van der Waals surface area contributed by atoms with Gasteiger partial charge in [-0.15, -0.1) is 0 Å². The van der Waals surface area contributed by atoms with Crippen LogP contribution in [0.1, 0.15) is 35.7 Å². The maximum atomic E-state index is 13.8. The summed E-state index contributed by atoms with van der Waals surface area (Å²) in [6.07, 6.45) is 1.57. The molecule has 0 unspecified atom stereocenters. The molecule has 0 aliphatic heterocycles. The van der Waals surface area contributed by atoms with Crippen molar-refractivity contribution in [3.8, 4) is 0 Å². The van der Waals surface area contributed by atoms with Crippen LogP contribution in [0, 0.1) is 5.82 Å². The second-order valence-corrected chi connectivity index (χ2v) is 6.41. The van der Waals surface area contributed by atoms with Crippen LogP contribution in [0.3, 0.4) is 0 Å². The minimum absolute atomic E-state index is 0.134. The number of hydrogen-bond donors (Lipinski definition) is 1. The molecule has 25 heavy (non-hydrogen) atoms. The van der Waals surface area contributed by atoms with Crippen molar-refractivity contribution in [3.05, 3.63) is 63.9 Å². The number of carbonyl (C=O) groups is 2. The first-order valence-electron chi connectivity index (χ1n) is 8.01. The molecule has 0 radical (unpaired) electrons. The van der Waals surface area contributed by atoms with Crippen molar-refractivity contribution < 1.29 is 18.7 Å². The molecule has 0 aromatic heterocycles. The van der Waals surface area contributed by atoms with Crippen LogP contribution in [-0.4, -0.2) is 18.5 Å². The summed E-state index contributed by atoms with van der Waals surface area (Å²) in [5.74, 6) is -1.35. The minimum atomic E-state index is -0.488. The lowest BCUT2D eigenvalue weighted by Crippen LogP contribution is -2.18. The van der Waals surface area contributed by atoms with Crippen LogP contribution in [0.4, 0.5) is 10.1 Å². The van der Waals surface area contributed by atoms with E-state index < -0.39 is 17.7 Å². The second-order valence-electron chi connectivity index (χ2n) is 5.50. The zero-order valence-electron chi connectivity index (χ0n) is 13.9. The van der Waals surface area contributed by atoms with Gasteiger partial charge in [0.25, 0.3) is 0 Å². The summed E-state index contributed by atoms with van der Waals surface area (Å²) < 4.78 is 19.7. The third-order valence-corrected chi connectivity index (χ3v) is 4.00. The summed E-state index contributed by atoms with van der Waals surface area (Å²) >= 11 is 3.25. The Morgan fingerprint density at radius 2 is 1.96 bits per heavy atom. The van der Waals surface area contributed by atoms with E-state index >= 15 is 0 Å². The summed E-state index contributed by atoms with van der Waals surface area (Å²) in [5.41, 5.74) is 0.904. The molecule has 1 amide bonds. The predicted octanol–water partition coefficient (Wildman–Crippen LogP) is 4.73. The Hall–Kier alpha value is -2.21. The SMILES string of the molecule is CCCCOC(=O)c1ccccc1NC(=O)Cc1cc(Br)ccc1F. The molecule has 0 saturated carbocycles. The van der Waals surface area contributed by atoms with Crippen molar-refractivity contribution in [1.82, 2.24) is 0 Å². The molecular formula is C19H19BrFNO3. The van der Waals surface area contributed by atoms with Gasteiger partial charge in [0.05, 0.1) is 24.3 Å². The van der Waals surface area contributed by atoms with E-state index in [0.717, 1.165) is 12.8 Å². The van der Waals surface area contributed by atoms with Crippen LogP contribution < -0.4 is 5.32 Å². The molecule has 132 valence electrons. The Balaban J connectivity index is 2.08. The van der Waals surface area contributed by atoms with E-state index in [4.69, 9.17) is 4.74 Å². The van der Waals surface area contributed by atoms with Crippen molar-refractivity contribution in [2.45, 2.75) is 26.2 Å². The molecule has 6 heteroatoms. The molecule has 0 aliphatic rings. The zero-order valence-corrected chi connectivity index (χ0v) is 15.4. The molecular weight excluding hydrogens is 389 g/mol. The van der Waals surface area contributed by atoms with Crippen LogP contribution in [0.5, 0.6) is 0 Å². The third-order valence-electron chi connectivity index (χ3n) is 3.51. The Kier molecular flexibility index (Phi) is 7.13. The second kappa shape index (κ2) is 9.32. The highest BCUT2D eigenvalue weighted by molar-refractivity contribution is 9.10. The van der Waals surface area contributed by atoms with Crippen LogP contribution in [0.2, 0.25) is 0 Å². The smallest absolute Gasteiger partial charge is 0.340 e. The van der Waals surface area contributed by atoms with Gasteiger partial charge in [-0.2, -0.15) is 0 Å². The zero-order chi connectivity index (χ0) is 18.2. The molecule has 0 heterocycles. The summed E-state index contributed by atoms with van der Waals surface area (Å²) in [7, 11) is 0. The highest BCUT2D eigenvalue weighted by Gasteiger charge is 2.15. The molecule has 2 aromatic carbocycles. The van der Waals surface area contributed by atoms with Gasteiger partial charge in [0.1, 0.15) is 5.82 Å². The van der Waals surface area contributed by atoms with Crippen molar-refractivity contribution in [3.63, 3.8) is 0 Å². The molecule has 0 bridgehead atoms. The van der Waals surface area contributed by atoms with Gasteiger partial charge in [-0.25, -0.2) is 9.18 Å². The number of carbonyl (C=O) groups excluding carboxylic acids is 2. The number of halogens is 2. The predicted molar refractivity (Wildman–Crippen MR) is 98.1 cm³/mol. The summed E-state index contributed by atoms with van der Waals surface area (Å²) in [4.78, 5) is 24.4. The third kappa shape index (κ3) is 5.67. The Morgan fingerprint density at radius 3 is 2.72 bits per heavy atom. The fourth-order valence-electron chi connectivity index (χ4n) is 2.20. The molecule has 2 rings (SSSR count). The molecule has 0 spiro atoms. The van der Waals surface area contributed by atoms with Crippen LogP contribution in [-0.2, 0) is 16.0 Å². The number of nitrogens with one attached hydrogen (secondary N) is 1. The van der Waals surface area contributed by atoms with Gasteiger partial charge in [0.15, 0.2) is 0 Å². The number of hydrogen-bond acceptors (Lipinski definition) is 3. The fourth-order valence-corrected chi connectivity index (χ4v) is 2.61. The fraction of sp³-hybridized carbons (Fsp3) is 0.263. The van der Waals surface area contributed by atoms with Gasteiger partial charge in [0, 0.05) is 4.47 Å². The lowest BCUT2D eigenvalue weighted by Gasteiger charge is -2.11. The molecule has 0 aliphatic carbocycles. The van der Waals surface area contributed by atoms with E-state index in [1.54, 1.807) is 36.4 Å². The van der Waals surface area contributed by atoms with E-state index in [-0.39, 0.29) is 17.5 Å². The van der Waals surface area contributed by atoms with Crippen LogP contribution >= 0.6 is 15.9 Å². The normalized spacial score (nSPS) is 10.4. The number of para-hydroxylation sites is 1. The average Bonchev–Trinajstić information content (AvgIpc) is 2.58. The minimum Gasteiger partial charge on any atom is -0.462 e. The summed E-state index contributed by atoms with van der Waals surface area (Å²) in [5, 5.41) is 2.66. The lowest BCUT2D eigenvalue weighted by molar-refractivity contribution is -0.115. The maximum absolute atomic E-state index is 13.8. The Morgan fingerprint density at radius 1 is 1.20 bits per heavy atom. The van der Waals surface area contributed by atoms with Gasteiger partial charge in [0.2, 0.25) is 5.91 Å². The van der Waals surface area contributed by atoms with E-state index in [0.29, 0.717) is 16.8 Å². The van der Waals surface area contributed by atoms with Crippen LogP contribution in [0.25, 0.3) is 0 Å². The number of unbranched alkanes of at least 4 members (excludes halogenated alkanes) is 1. The highest BCUT2D eigenvalue weighted by atomic mass is 79.9. The molecule has 0 saturated heterocycles. The van der Waals surface area contributed by atoms with Gasteiger partial charge >= 0.3 is 5.97 Å². The maximum Gasteiger partial charge on any atom is 0.340 e. The number of benzene rings is 2. The number of esters is 1. The monoisotopic (exact) mass is 407 g/mol. The first-order chi connectivity index (χ1) is 12.0. The van der Waals surface area contributed by atoms with Gasteiger partial charge in [-0.3, -0.25) is 4.79 Å². The quantitative estimate of drug-likeness (QED) is 0.533. The van der Waals surface area contributed by atoms with Crippen molar-refractivity contribution >= 4 is 33.5 Å². The van der Waals surface area contributed by atoms with E-state index in [2.05, 4.69) is 21.2 Å². The number of amides is 1. The van der Waals surface area contributed by atoms with Crippen molar-refractivity contribution in [2.75, 3.05) is 11.9 Å². The molecule has 4 nitrogen and oxygen atoms in total. The average molecular weight is 408 g/mol. The largest absolute Gasteiger partial charge is 0.462 e. The van der Waals surface area contributed by atoms with Gasteiger partial charge < -0.3 is 10.1 Å². The molecule has 1 N–H and O–H groups in total. The summed E-state index contributed by atoms with van der Waals surface area (Å²) in [6.45, 7) is 2.34. The van der Waals surface area contributed by atoms with Crippen molar-refractivity contribution in [1.29, 1.82) is 0 Å². The summed E-state index contributed by atoms with van der Waals surface area (Å²) in [6, 6.07) is 11.0. The molecule has 0 fully saturated rings. The van der Waals surface area contributed by atoms with Crippen LogP contribution in [0.15, 0.2) is 46.9 Å². The van der Waals surface area contributed by atoms with Gasteiger partial charge in [-0.05, 0) is 42.3 Å². The lowest BCUT2D eigenvalue weighted by atomic mass is 10.1. The number of anilines is 1. The van der Waals surface area contributed by atoms with E-state index in [1.807, 2.05) is 6.92 Å². The van der Waals surface area contributed by atoms with E-state index in [9.17, 15) is 14.0 Å². The first-order valence-corrected chi connectivity index (χ1v) is 8.80. The first kappa shape index (κ1) is 19.1. The van der Waals surface area contributed by atoms with E-state index in [1.165, 1.54) is 6.07 Å². The highest BCUT2D eigenvalue weighted by Crippen LogP contribution is 2.19. The number of rotatable bonds is 7. The molecule has 0 atom stereocenters.